The Kier molecular flexibility index (Phi) is 3.83. The van der Waals surface area contributed by atoms with E-state index in [0.29, 0.717) is 23.0 Å². The minimum atomic E-state index is 0.182. The van der Waals surface area contributed by atoms with E-state index in [1.54, 1.807) is 6.07 Å². The molecule has 22 heavy (non-hydrogen) atoms. The molecule has 3 rings (SSSR count). The van der Waals surface area contributed by atoms with Gasteiger partial charge in [0.25, 0.3) is 0 Å². The Labute approximate surface area is 129 Å². The van der Waals surface area contributed by atoms with Crippen molar-refractivity contribution in [1.29, 1.82) is 0 Å². The number of rotatable bonds is 3. The number of aromatic nitrogens is 3. The van der Waals surface area contributed by atoms with Gasteiger partial charge < -0.3 is 5.11 Å². The predicted octanol–water partition coefficient (Wildman–Crippen LogP) is 3.45. The first-order chi connectivity index (χ1) is 10.6. The van der Waals surface area contributed by atoms with E-state index in [1.165, 1.54) is 5.56 Å². The highest BCUT2D eigenvalue weighted by molar-refractivity contribution is 5.64. The van der Waals surface area contributed by atoms with Crippen LogP contribution in [0.15, 0.2) is 48.5 Å². The van der Waals surface area contributed by atoms with Crippen molar-refractivity contribution >= 4 is 0 Å². The lowest BCUT2D eigenvalue weighted by molar-refractivity contribution is 0.476. The summed E-state index contributed by atoms with van der Waals surface area (Å²) < 4.78 is 0. The van der Waals surface area contributed by atoms with Crippen LogP contribution in [0.3, 0.4) is 0 Å². The lowest BCUT2D eigenvalue weighted by Gasteiger charge is -2.08. The fraction of sp³-hybridized carbons (Fsp3) is 0.167. The summed E-state index contributed by atoms with van der Waals surface area (Å²) >= 11 is 0. The largest absolute Gasteiger partial charge is 0.507 e. The molecule has 0 aliphatic carbocycles. The standard InChI is InChI=1S/C18H17N3O/c1-12-19-13(2)21-18(20-12)16-11-15(8-9-17(16)22)10-14-6-4-3-5-7-14/h3-9,11,22H,10H2,1-2H3. The smallest absolute Gasteiger partial charge is 0.167 e. The van der Waals surface area contributed by atoms with Crippen molar-refractivity contribution in [2.24, 2.45) is 0 Å². The van der Waals surface area contributed by atoms with Crippen molar-refractivity contribution in [3.8, 4) is 17.1 Å². The van der Waals surface area contributed by atoms with Crippen molar-refractivity contribution in [3.05, 3.63) is 71.3 Å². The molecule has 3 aromatic rings. The lowest BCUT2D eigenvalue weighted by atomic mass is 10.0. The zero-order valence-corrected chi connectivity index (χ0v) is 12.6. The fourth-order valence-electron chi connectivity index (χ4n) is 2.44. The third-order valence-corrected chi connectivity index (χ3v) is 3.41. The van der Waals surface area contributed by atoms with Gasteiger partial charge in [0.1, 0.15) is 17.4 Å². The minimum absolute atomic E-state index is 0.182. The molecule has 0 atom stereocenters. The van der Waals surface area contributed by atoms with E-state index in [2.05, 4.69) is 27.1 Å². The molecular formula is C18H17N3O. The van der Waals surface area contributed by atoms with Crippen LogP contribution in [0.4, 0.5) is 0 Å². The summed E-state index contributed by atoms with van der Waals surface area (Å²) in [6.45, 7) is 3.64. The molecule has 0 aliphatic rings. The molecule has 4 nitrogen and oxygen atoms in total. The van der Waals surface area contributed by atoms with Gasteiger partial charge in [0.15, 0.2) is 5.82 Å². The van der Waals surface area contributed by atoms with Gasteiger partial charge in [-0.2, -0.15) is 0 Å². The van der Waals surface area contributed by atoms with Crippen molar-refractivity contribution in [1.82, 2.24) is 15.0 Å². The van der Waals surface area contributed by atoms with E-state index in [0.717, 1.165) is 12.0 Å². The maximum Gasteiger partial charge on any atom is 0.167 e. The average molecular weight is 291 g/mol. The number of hydrogen-bond acceptors (Lipinski definition) is 4. The Morgan fingerprint density at radius 3 is 2.18 bits per heavy atom. The van der Waals surface area contributed by atoms with Gasteiger partial charge in [-0.25, -0.2) is 15.0 Å². The molecule has 0 aliphatic heterocycles. The first-order valence-electron chi connectivity index (χ1n) is 7.17. The van der Waals surface area contributed by atoms with Crippen LogP contribution < -0.4 is 0 Å². The monoisotopic (exact) mass is 291 g/mol. The summed E-state index contributed by atoms with van der Waals surface area (Å²) in [5.41, 5.74) is 2.97. The number of aromatic hydroxyl groups is 1. The molecule has 0 saturated heterocycles. The Balaban J connectivity index is 1.99. The highest BCUT2D eigenvalue weighted by Gasteiger charge is 2.10. The first kappa shape index (κ1) is 14.2. The number of hydrogen-bond donors (Lipinski definition) is 1. The van der Waals surface area contributed by atoms with Crippen LogP contribution in [-0.2, 0) is 6.42 Å². The molecule has 0 amide bonds. The number of nitrogens with zero attached hydrogens (tertiary/aromatic N) is 3. The molecule has 2 aromatic carbocycles. The summed E-state index contributed by atoms with van der Waals surface area (Å²) in [4.78, 5) is 12.8. The van der Waals surface area contributed by atoms with Gasteiger partial charge in [-0.1, -0.05) is 36.4 Å². The Morgan fingerprint density at radius 2 is 1.50 bits per heavy atom. The molecule has 0 bridgehead atoms. The van der Waals surface area contributed by atoms with E-state index in [4.69, 9.17) is 0 Å². The van der Waals surface area contributed by atoms with E-state index >= 15 is 0 Å². The third kappa shape index (κ3) is 3.11. The second-order valence-corrected chi connectivity index (χ2v) is 5.27. The maximum absolute atomic E-state index is 10.1. The number of phenols is 1. The van der Waals surface area contributed by atoms with Gasteiger partial charge in [0.2, 0.25) is 0 Å². The van der Waals surface area contributed by atoms with Gasteiger partial charge in [-0.05, 0) is 43.5 Å². The predicted molar refractivity (Wildman–Crippen MR) is 85.6 cm³/mol. The number of benzene rings is 2. The van der Waals surface area contributed by atoms with Crippen LogP contribution in [0.2, 0.25) is 0 Å². The van der Waals surface area contributed by atoms with Crippen molar-refractivity contribution in [3.63, 3.8) is 0 Å². The van der Waals surface area contributed by atoms with Crippen LogP contribution in [0.5, 0.6) is 5.75 Å². The number of phenolic OH excluding ortho intramolecular Hbond substituents is 1. The van der Waals surface area contributed by atoms with Crippen LogP contribution in [-0.4, -0.2) is 20.1 Å². The Morgan fingerprint density at radius 1 is 0.818 bits per heavy atom. The number of aryl methyl sites for hydroxylation is 2. The summed E-state index contributed by atoms with van der Waals surface area (Å²) in [7, 11) is 0. The van der Waals surface area contributed by atoms with Crippen molar-refractivity contribution in [2.45, 2.75) is 20.3 Å². The van der Waals surface area contributed by atoms with Gasteiger partial charge in [-0.15, -0.1) is 0 Å². The quantitative estimate of drug-likeness (QED) is 0.803. The normalized spacial score (nSPS) is 10.6. The first-order valence-corrected chi connectivity index (χ1v) is 7.17. The highest BCUT2D eigenvalue weighted by Crippen LogP contribution is 2.28. The molecule has 4 heteroatoms. The van der Waals surface area contributed by atoms with Crippen LogP contribution >= 0.6 is 0 Å². The van der Waals surface area contributed by atoms with Crippen LogP contribution in [0.1, 0.15) is 22.8 Å². The molecule has 0 saturated carbocycles. The van der Waals surface area contributed by atoms with E-state index in [9.17, 15) is 5.11 Å². The summed E-state index contributed by atoms with van der Waals surface area (Å²) in [6, 6.07) is 15.8. The molecular weight excluding hydrogens is 274 g/mol. The minimum Gasteiger partial charge on any atom is -0.507 e. The second-order valence-electron chi connectivity index (χ2n) is 5.27. The zero-order chi connectivity index (χ0) is 15.5. The molecule has 110 valence electrons. The van der Waals surface area contributed by atoms with Crippen LogP contribution in [0, 0.1) is 13.8 Å². The molecule has 0 spiro atoms. The summed E-state index contributed by atoms with van der Waals surface area (Å²) in [5.74, 6) is 1.99. The van der Waals surface area contributed by atoms with E-state index in [1.807, 2.05) is 44.2 Å². The van der Waals surface area contributed by atoms with Crippen molar-refractivity contribution in [2.75, 3.05) is 0 Å². The molecule has 1 aromatic heterocycles. The molecule has 1 heterocycles. The topological polar surface area (TPSA) is 58.9 Å². The molecule has 0 unspecified atom stereocenters. The molecule has 0 fully saturated rings. The zero-order valence-electron chi connectivity index (χ0n) is 12.6. The third-order valence-electron chi connectivity index (χ3n) is 3.41. The lowest BCUT2D eigenvalue weighted by Crippen LogP contribution is -1.99. The average Bonchev–Trinajstić information content (AvgIpc) is 2.49. The van der Waals surface area contributed by atoms with Crippen molar-refractivity contribution < 1.29 is 5.11 Å². The highest BCUT2D eigenvalue weighted by atomic mass is 16.3. The van der Waals surface area contributed by atoms with Gasteiger partial charge >= 0.3 is 0 Å². The maximum atomic E-state index is 10.1. The second kappa shape index (κ2) is 5.93. The fourth-order valence-corrected chi connectivity index (χ4v) is 2.44. The van der Waals surface area contributed by atoms with Gasteiger partial charge in [0, 0.05) is 0 Å². The van der Waals surface area contributed by atoms with E-state index in [-0.39, 0.29) is 5.75 Å². The summed E-state index contributed by atoms with van der Waals surface area (Å²) in [6.07, 6.45) is 0.803. The van der Waals surface area contributed by atoms with Gasteiger partial charge in [-0.3, -0.25) is 0 Å². The summed E-state index contributed by atoms with van der Waals surface area (Å²) in [5, 5.41) is 10.1. The molecule has 1 N–H and O–H groups in total. The van der Waals surface area contributed by atoms with E-state index < -0.39 is 0 Å². The van der Waals surface area contributed by atoms with Gasteiger partial charge in [0.05, 0.1) is 5.56 Å². The van der Waals surface area contributed by atoms with Crippen LogP contribution in [0.25, 0.3) is 11.4 Å². The Bertz CT molecular complexity index is 780. The molecule has 0 radical (unpaired) electrons. The SMILES string of the molecule is Cc1nc(C)nc(-c2cc(Cc3ccccc3)ccc2O)n1. The Hall–Kier alpha value is -2.75.